The van der Waals surface area contributed by atoms with Crippen molar-refractivity contribution in [2.24, 2.45) is 0 Å². The molecule has 3 aromatic rings. The van der Waals surface area contributed by atoms with Gasteiger partial charge >= 0.3 is 0 Å². The first kappa shape index (κ1) is 10.7. The summed E-state index contributed by atoms with van der Waals surface area (Å²) in [5.74, 6) is 0.417. The molecule has 0 bridgehead atoms. The summed E-state index contributed by atoms with van der Waals surface area (Å²) in [6, 6.07) is 6.94. The van der Waals surface area contributed by atoms with Crippen LogP contribution in [0.5, 0.6) is 0 Å². The molecule has 0 atom stereocenters. The molecule has 0 aliphatic heterocycles. The number of nitrogens with two attached hydrogens (primary N) is 1. The van der Waals surface area contributed by atoms with Crippen LogP contribution in [0.4, 0.5) is 5.82 Å². The van der Waals surface area contributed by atoms with Crippen molar-refractivity contribution >= 4 is 17.2 Å². The molecule has 0 aliphatic carbocycles. The highest BCUT2D eigenvalue weighted by Gasteiger charge is 2.16. The van der Waals surface area contributed by atoms with Crippen molar-refractivity contribution in [1.82, 2.24) is 20.4 Å². The summed E-state index contributed by atoms with van der Waals surface area (Å²) >= 11 is 1.57. The Bertz CT molecular complexity index is 708. The second-order valence-corrected chi connectivity index (χ2v) is 4.59. The largest absolute Gasteiger partial charge is 0.382 e. The monoisotopic (exact) mass is 259 g/mol. The molecule has 6 nitrogen and oxygen atoms in total. The lowest BCUT2D eigenvalue weighted by Gasteiger charge is -2.00. The van der Waals surface area contributed by atoms with Gasteiger partial charge in [0.1, 0.15) is 5.69 Å². The molecule has 0 saturated heterocycles. The molecule has 0 aliphatic rings. The second-order valence-electron chi connectivity index (χ2n) is 3.64. The van der Waals surface area contributed by atoms with Crippen molar-refractivity contribution in [3.63, 3.8) is 0 Å². The molecule has 90 valence electrons. The maximum atomic E-state index is 11.0. The fourth-order valence-corrected chi connectivity index (χ4v) is 2.48. The zero-order chi connectivity index (χ0) is 12.5. The van der Waals surface area contributed by atoms with Crippen LogP contribution in [0.15, 0.2) is 34.4 Å². The van der Waals surface area contributed by atoms with Gasteiger partial charge in [0, 0.05) is 10.9 Å². The lowest BCUT2D eigenvalue weighted by molar-refractivity contribution is 0.982. The van der Waals surface area contributed by atoms with Crippen LogP contribution in [0.25, 0.3) is 21.8 Å². The van der Waals surface area contributed by atoms with Gasteiger partial charge < -0.3 is 5.73 Å². The number of nitrogens with one attached hydrogen (secondary N) is 2. The maximum absolute atomic E-state index is 11.0. The third-order valence-corrected chi connectivity index (χ3v) is 3.38. The quantitative estimate of drug-likeness (QED) is 0.648. The molecule has 0 spiro atoms. The fourth-order valence-electron chi connectivity index (χ4n) is 1.70. The van der Waals surface area contributed by atoms with Gasteiger partial charge in [0.25, 0.3) is 5.56 Å². The van der Waals surface area contributed by atoms with E-state index >= 15 is 0 Å². The topological polar surface area (TPSA) is 100 Å². The number of rotatable bonds is 2. The van der Waals surface area contributed by atoms with E-state index < -0.39 is 0 Å². The van der Waals surface area contributed by atoms with Gasteiger partial charge in [0.2, 0.25) is 0 Å². The van der Waals surface area contributed by atoms with Crippen molar-refractivity contribution in [3.8, 4) is 21.8 Å². The molecule has 3 rings (SSSR count). The van der Waals surface area contributed by atoms with Gasteiger partial charge in [-0.2, -0.15) is 10.2 Å². The number of hydrogen-bond donors (Lipinski definition) is 3. The Kier molecular flexibility index (Phi) is 2.45. The van der Waals surface area contributed by atoms with Crippen LogP contribution in [-0.2, 0) is 0 Å². The molecule has 0 amide bonds. The van der Waals surface area contributed by atoms with Gasteiger partial charge in [0.15, 0.2) is 5.82 Å². The Morgan fingerprint density at radius 1 is 1.17 bits per heavy atom. The zero-order valence-electron chi connectivity index (χ0n) is 9.18. The average molecular weight is 259 g/mol. The highest BCUT2D eigenvalue weighted by Crippen LogP contribution is 2.35. The molecule has 0 saturated carbocycles. The van der Waals surface area contributed by atoms with Crippen LogP contribution < -0.4 is 11.3 Å². The van der Waals surface area contributed by atoms with E-state index in [0.717, 1.165) is 10.4 Å². The fraction of sp³-hybridized carbons (Fsp3) is 0. The minimum atomic E-state index is -0.246. The molecule has 0 aromatic carbocycles. The summed E-state index contributed by atoms with van der Waals surface area (Å²) in [6.45, 7) is 0. The van der Waals surface area contributed by atoms with Crippen molar-refractivity contribution < 1.29 is 0 Å². The number of hydrogen-bond acceptors (Lipinski definition) is 5. The number of thiophene rings is 1. The SMILES string of the molecule is Nc1n[nH]c(-c2ccc(=O)[nH]n2)c1-c1cccs1. The van der Waals surface area contributed by atoms with Gasteiger partial charge in [-0.3, -0.25) is 9.89 Å². The summed E-state index contributed by atoms with van der Waals surface area (Å²) in [5.41, 5.74) is 7.73. The number of aromatic amines is 2. The van der Waals surface area contributed by atoms with E-state index in [0.29, 0.717) is 17.2 Å². The van der Waals surface area contributed by atoms with Crippen LogP contribution in [0.1, 0.15) is 0 Å². The molecule has 4 N–H and O–H groups in total. The third kappa shape index (κ3) is 1.70. The van der Waals surface area contributed by atoms with E-state index in [4.69, 9.17) is 5.73 Å². The van der Waals surface area contributed by atoms with Crippen molar-refractivity contribution in [2.45, 2.75) is 0 Å². The van der Waals surface area contributed by atoms with Crippen molar-refractivity contribution in [1.29, 1.82) is 0 Å². The summed E-state index contributed by atoms with van der Waals surface area (Å²) in [7, 11) is 0. The smallest absolute Gasteiger partial charge is 0.264 e. The predicted molar refractivity (Wildman–Crippen MR) is 70.2 cm³/mol. The first-order valence-corrected chi connectivity index (χ1v) is 6.07. The van der Waals surface area contributed by atoms with Crippen molar-refractivity contribution in [2.75, 3.05) is 5.73 Å². The van der Waals surface area contributed by atoms with Crippen molar-refractivity contribution in [3.05, 3.63) is 40.0 Å². The Labute approximate surface area is 105 Å². The van der Waals surface area contributed by atoms with Crippen LogP contribution in [0.2, 0.25) is 0 Å². The minimum Gasteiger partial charge on any atom is -0.382 e. The number of nitrogens with zero attached hydrogens (tertiary/aromatic N) is 2. The summed E-state index contributed by atoms with van der Waals surface area (Å²) in [5, 5.41) is 15.2. The summed E-state index contributed by atoms with van der Waals surface area (Å²) < 4.78 is 0. The minimum absolute atomic E-state index is 0.246. The molecule has 0 radical (unpaired) electrons. The molecule has 3 heterocycles. The van der Waals surface area contributed by atoms with Gasteiger partial charge in [0.05, 0.1) is 11.3 Å². The Morgan fingerprint density at radius 3 is 2.72 bits per heavy atom. The predicted octanol–water partition coefficient (Wildman–Crippen LogP) is 1.47. The summed E-state index contributed by atoms with van der Waals surface area (Å²) in [4.78, 5) is 12.0. The average Bonchev–Trinajstić information content (AvgIpc) is 2.99. The van der Waals surface area contributed by atoms with E-state index in [1.54, 1.807) is 17.4 Å². The number of H-pyrrole nitrogens is 2. The van der Waals surface area contributed by atoms with Gasteiger partial charge in [-0.05, 0) is 17.5 Å². The lowest BCUT2D eigenvalue weighted by atomic mass is 10.1. The molecule has 0 unspecified atom stereocenters. The zero-order valence-corrected chi connectivity index (χ0v) is 9.99. The Morgan fingerprint density at radius 2 is 2.06 bits per heavy atom. The van der Waals surface area contributed by atoms with Crippen LogP contribution in [0, 0.1) is 0 Å². The molecule has 0 fully saturated rings. The molecule has 18 heavy (non-hydrogen) atoms. The standard InChI is InChI=1S/C11H9N5OS/c12-11-9(7-2-1-5-18-7)10(15-16-11)6-3-4-8(17)14-13-6/h1-5H,(H,14,17)(H3,12,15,16). The normalized spacial score (nSPS) is 10.7. The molecular weight excluding hydrogens is 250 g/mol. The number of nitrogen functional groups attached to an aromatic ring is 1. The molecule has 3 aromatic heterocycles. The van der Waals surface area contributed by atoms with Crippen LogP contribution in [-0.4, -0.2) is 20.4 Å². The number of anilines is 1. The molecular formula is C11H9N5OS. The van der Waals surface area contributed by atoms with E-state index in [9.17, 15) is 4.79 Å². The highest BCUT2D eigenvalue weighted by atomic mass is 32.1. The Hall–Kier alpha value is -2.41. The van der Waals surface area contributed by atoms with Crippen LogP contribution >= 0.6 is 11.3 Å². The number of aromatic nitrogens is 4. The first-order valence-electron chi connectivity index (χ1n) is 5.19. The highest BCUT2D eigenvalue weighted by molar-refractivity contribution is 7.13. The lowest BCUT2D eigenvalue weighted by Crippen LogP contribution is -2.05. The van der Waals surface area contributed by atoms with E-state index in [1.807, 2.05) is 17.5 Å². The van der Waals surface area contributed by atoms with E-state index in [-0.39, 0.29) is 5.56 Å². The van der Waals surface area contributed by atoms with Crippen LogP contribution in [0.3, 0.4) is 0 Å². The molecule has 7 heteroatoms. The van der Waals surface area contributed by atoms with E-state index in [2.05, 4.69) is 20.4 Å². The maximum Gasteiger partial charge on any atom is 0.264 e. The van der Waals surface area contributed by atoms with Gasteiger partial charge in [-0.25, -0.2) is 5.10 Å². The third-order valence-electron chi connectivity index (χ3n) is 2.50. The van der Waals surface area contributed by atoms with Gasteiger partial charge in [-0.1, -0.05) is 6.07 Å². The Balaban J connectivity index is 2.19. The van der Waals surface area contributed by atoms with Gasteiger partial charge in [-0.15, -0.1) is 11.3 Å². The second kappa shape index (κ2) is 4.11. The summed E-state index contributed by atoms with van der Waals surface area (Å²) in [6.07, 6.45) is 0. The van der Waals surface area contributed by atoms with E-state index in [1.165, 1.54) is 6.07 Å². The first-order chi connectivity index (χ1) is 8.75.